The Labute approximate surface area is 93.0 Å². The molecule has 0 aliphatic carbocycles. The van der Waals surface area contributed by atoms with Crippen LogP contribution in [0.3, 0.4) is 0 Å². The molecule has 0 saturated heterocycles. The van der Waals surface area contributed by atoms with Crippen LogP contribution in [0.15, 0.2) is 22.9 Å². The Hall–Kier alpha value is -2.04. The fourth-order valence-corrected chi connectivity index (χ4v) is 1.54. The molecule has 0 spiro atoms. The smallest absolute Gasteiger partial charge is 0.272 e. The molecule has 0 fully saturated rings. The van der Waals surface area contributed by atoms with E-state index in [0.29, 0.717) is 22.8 Å². The van der Waals surface area contributed by atoms with Gasteiger partial charge in [-0.15, -0.1) is 0 Å². The number of anilines is 1. The maximum atomic E-state index is 11.9. The molecule has 2 aromatic heterocycles. The summed E-state index contributed by atoms with van der Waals surface area (Å²) in [6.45, 7) is 3.55. The molecule has 0 bridgehead atoms. The van der Waals surface area contributed by atoms with E-state index in [4.69, 9.17) is 4.52 Å². The third kappa shape index (κ3) is 1.71. The van der Waals surface area contributed by atoms with Crippen LogP contribution in [-0.2, 0) is 7.05 Å². The second-order valence-corrected chi connectivity index (χ2v) is 3.66. The van der Waals surface area contributed by atoms with Gasteiger partial charge in [0.1, 0.15) is 17.1 Å². The number of aryl methyl sites for hydroxylation is 3. The number of amides is 1. The number of nitrogens with one attached hydrogen (secondary N) is 1. The van der Waals surface area contributed by atoms with Gasteiger partial charge in [-0.25, -0.2) is 0 Å². The van der Waals surface area contributed by atoms with Gasteiger partial charge in [0, 0.05) is 13.2 Å². The van der Waals surface area contributed by atoms with Crippen molar-refractivity contribution in [2.45, 2.75) is 13.8 Å². The Morgan fingerprint density at radius 1 is 1.50 bits per heavy atom. The quantitative estimate of drug-likeness (QED) is 0.838. The minimum atomic E-state index is -0.165. The molecule has 0 saturated carbocycles. The van der Waals surface area contributed by atoms with E-state index in [1.54, 1.807) is 24.5 Å². The molecule has 2 aromatic rings. The lowest BCUT2D eigenvalue weighted by atomic mass is 10.3. The van der Waals surface area contributed by atoms with Gasteiger partial charge in [-0.2, -0.15) is 0 Å². The second kappa shape index (κ2) is 3.84. The summed E-state index contributed by atoms with van der Waals surface area (Å²) in [5, 5.41) is 6.56. The maximum absolute atomic E-state index is 11.9. The predicted molar refractivity (Wildman–Crippen MR) is 59.3 cm³/mol. The Bertz CT molecular complexity index is 506. The summed E-state index contributed by atoms with van der Waals surface area (Å²) >= 11 is 0. The summed E-state index contributed by atoms with van der Waals surface area (Å²) in [7, 11) is 1.82. The minimum Gasteiger partial charge on any atom is -0.359 e. The second-order valence-electron chi connectivity index (χ2n) is 3.66. The average Bonchev–Trinajstić information content (AvgIpc) is 2.79. The molecule has 0 unspecified atom stereocenters. The fourth-order valence-electron chi connectivity index (χ4n) is 1.54. The fraction of sp³-hybridized carbons (Fsp3) is 0.273. The van der Waals surface area contributed by atoms with Gasteiger partial charge in [0.2, 0.25) is 0 Å². The Morgan fingerprint density at radius 3 is 2.75 bits per heavy atom. The SMILES string of the molecule is Cc1noc(C)c1NC(=O)c1cccn1C. The summed E-state index contributed by atoms with van der Waals surface area (Å²) in [6.07, 6.45) is 1.82. The zero-order valence-electron chi connectivity index (χ0n) is 9.44. The normalized spacial score (nSPS) is 10.4. The molecule has 0 atom stereocenters. The first-order chi connectivity index (χ1) is 7.59. The third-order valence-electron chi connectivity index (χ3n) is 2.45. The number of hydrogen-bond donors (Lipinski definition) is 1. The van der Waals surface area contributed by atoms with Crippen LogP contribution in [0.4, 0.5) is 5.69 Å². The molecule has 84 valence electrons. The zero-order valence-corrected chi connectivity index (χ0v) is 9.44. The van der Waals surface area contributed by atoms with Crippen molar-refractivity contribution >= 4 is 11.6 Å². The lowest BCUT2D eigenvalue weighted by Gasteiger charge is -2.04. The minimum absolute atomic E-state index is 0.165. The topological polar surface area (TPSA) is 60.1 Å². The molecule has 0 aliphatic rings. The van der Waals surface area contributed by atoms with E-state index in [2.05, 4.69) is 10.5 Å². The first kappa shape index (κ1) is 10.5. The van der Waals surface area contributed by atoms with Crippen LogP contribution in [-0.4, -0.2) is 15.6 Å². The lowest BCUT2D eigenvalue weighted by Crippen LogP contribution is -2.16. The van der Waals surface area contributed by atoms with E-state index in [0.717, 1.165) is 0 Å². The summed E-state index contributed by atoms with van der Waals surface area (Å²) in [5.41, 5.74) is 1.92. The van der Waals surface area contributed by atoms with E-state index in [-0.39, 0.29) is 5.91 Å². The highest BCUT2D eigenvalue weighted by Gasteiger charge is 2.14. The van der Waals surface area contributed by atoms with Crippen molar-refractivity contribution in [3.8, 4) is 0 Å². The van der Waals surface area contributed by atoms with Crippen molar-refractivity contribution in [2.75, 3.05) is 5.32 Å². The molecule has 0 aromatic carbocycles. The van der Waals surface area contributed by atoms with Crippen LogP contribution >= 0.6 is 0 Å². The van der Waals surface area contributed by atoms with Crippen molar-refractivity contribution in [2.24, 2.45) is 7.05 Å². The van der Waals surface area contributed by atoms with Crippen molar-refractivity contribution in [3.63, 3.8) is 0 Å². The van der Waals surface area contributed by atoms with E-state index in [1.165, 1.54) is 0 Å². The van der Waals surface area contributed by atoms with Crippen molar-refractivity contribution in [1.29, 1.82) is 0 Å². The standard InChI is InChI=1S/C11H13N3O2/c1-7-10(8(2)16-13-7)12-11(15)9-5-4-6-14(9)3/h4-6H,1-3H3,(H,12,15). The molecule has 5 nitrogen and oxygen atoms in total. The van der Waals surface area contributed by atoms with E-state index < -0.39 is 0 Å². The predicted octanol–water partition coefficient (Wildman–Crippen LogP) is 1.88. The number of rotatable bonds is 2. The first-order valence-electron chi connectivity index (χ1n) is 4.95. The molecule has 0 radical (unpaired) electrons. The van der Waals surface area contributed by atoms with Gasteiger partial charge >= 0.3 is 0 Å². The number of aromatic nitrogens is 2. The van der Waals surface area contributed by atoms with Crippen LogP contribution in [0.25, 0.3) is 0 Å². The van der Waals surface area contributed by atoms with Gasteiger partial charge in [0.15, 0.2) is 5.76 Å². The van der Waals surface area contributed by atoms with Crippen molar-refractivity contribution < 1.29 is 9.32 Å². The number of hydrogen-bond acceptors (Lipinski definition) is 3. The van der Waals surface area contributed by atoms with Crippen LogP contribution in [0.2, 0.25) is 0 Å². The number of nitrogens with zero attached hydrogens (tertiary/aromatic N) is 2. The number of carbonyl (C=O) groups excluding carboxylic acids is 1. The molecule has 2 heterocycles. The van der Waals surface area contributed by atoms with E-state index >= 15 is 0 Å². The largest absolute Gasteiger partial charge is 0.359 e. The monoisotopic (exact) mass is 219 g/mol. The molecule has 1 N–H and O–H groups in total. The Kier molecular flexibility index (Phi) is 2.52. The summed E-state index contributed by atoms with van der Waals surface area (Å²) in [6, 6.07) is 3.58. The lowest BCUT2D eigenvalue weighted by molar-refractivity contribution is 0.101. The molecule has 2 rings (SSSR count). The van der Waals surface area contributed by atoms with Gasteiger partial charge in [0.05, 0.1) is 0 Å². The average molecular weight is 219 g/mol. The summed E-state index contributed by atoms with van der Waals surface area (Å²) < 4.78 is 6.73. The third-order valence-corrected chi connectivity index (χ3v) is 2.45. The van der Waals surface area contributed by atoms with Crippen LogP contribution in [0.5, 0.6) is 0 Å². The van der Waals surface area contributed by atoms with E-state index in [9.17, 15) is 4.79 Å². The van der Waals surface area contributed by atoms with Crippen LogP contribution in [0.1, 0.15) is 21.9 Å². The van der Waals surface area contributed by atoms with Crippen molar-refractivity contribution in [3.05, 3.63) is 35.5 Å². The highest BCUT2D eigenvalue weighted by atomic mass is 16.5. The summed E-state index contributed by atoms with van der Waals surface area (Å²) in [5.74, 6) is 0.446. The zero-order chi connectivity index (χ0) is 11.7. The van der Waals surface area contributed by atoms with Gasteiger partial charge in [-0.1, -0.05) is 5.16 Å². The van der Waals surface area contributed by atoms with E-state index in [1.807, 2.05) is 19.3 Å². The van der Waals surface area contributed by atoms with Crippen molar-refractivity contribution in [1.82, 2.24) is 9.72 Å². The molecule has 16 heavy (non-hydrogen) atoms. The molecule has 1 amide bonds. The number of carbonyl (C=O) groups is 1. The molecular weight excluding hydrogens is 206 g/mol. The van der Waals surface area contributed by atoms with Gasteiger partial charge < -0.3 is 14.4 Å². The maximum Gasteiger partial charge on any atom is 0.272 e. The van der Waals surface area contributed by atoms with Gasteiger partial charge in [0.25, 0.3) is 5.91 Å². The molecule has 5 heteroatoms. The highest BCUT2D eigenvalue weighted by molar-refractivity contribution is 6.03. The first-order valence-corrected chi connectivity index (χ1v) is 4.95. The Morgan fingerprint density at radius 2 is 2.25 bits per heavy atom. The van der Waals surface area contributed by atoms with Crippen LogP contribution < -0.4 is 5.32 Å². The van der Waals surface area contributed by atoms with Gasteiger partial charge in [-0.3, -0.25) is 4.79 Å². The Balaban J connectivity index is 2.24. The summed E-state index contributed by atoms with van der Waals surface area (Å²) in [4.78, 5) is 11.9. The molecule has 0 aliphatic heterocycles. The highest BCUT2D eigenvalue weighted by Crippen LogP contribution is 2.19. The molecular formula is C11H13N3O2. The van der Waals surface area contributed by atoms with Crippen LogP contribution in [0, 0.1) is 13.8 Å². The van der Waals surface area contributed by atoms with Gasteiger partial charge in [-0.05, 0) is 26.0 Å².